The fourth-order valence-electron chi connectivity index (χ4n) is 4.81. The molecule has 2 aromatic carbocycles. The molecule has 3 heterocycles. The molecule has 0 unspecified atom stereocenters. The molecule has 4 atom stereocenters. The van der Waals surface area contributed by atoms with E-state index in [0.717, 1.165) is 11.1 Å². The fourth-order valence-corrected chi connectivity index (χ4v) is 4.81. The average Bonchev–Trinajstić information content (AvgIpc) is 3.53. The number of benzene rings is 2. The molecular formula is C23H26O8. The van der Waals surface area contributed by atoms with Gasteiger partial charge in [-0.3, -0.25) is 0 Å². The highest BCUT2D eigenvalue weighted by molar-refractivity contribution is 5.56. The molecule has 0 radical (unpaired) electrons. The normalized spacial score (nSPS) is 25.9. The Hall–Kier alpha value is -2.84. The second kappa shape index (κ2) is 8.01. The fraction of sp³-hybridized carbons (Fsp3) is 0.478. The van der Waals surface area contributed by atoms with E-state index in [-0.39, 0.29) is 30.8 Å². The molecule has 166 valence electrons. The van der Waals surface area contributed by atoms with Gasteiger partial charge in [0.05, 0.1) is 53.9 Å². The Morgan fingerprint density at radius 3 is 1.77 bits per heavy atom. The Labute approximate surface area is 180 Å². The van der Waals surface area contributed by atoms with E-state index >= 15 is 0 Å². The maximum absolute atomic E-state index is 6.26. The molecule has 0 saturated carbocycles. The number of ether oxygens (including phenoxy) is 8. The summed E-state index contributed by atoms with van der Waals surface area (Å²) in [5.41, 5.74) is 1.98. The van der Waals surface area contributed by atoms with Crippen molar-refractivity contribution in [2.45, 2.75) is 12.2 Å². The van der Waals surface area contributed by atoms with Crippen molar-refractivity contribution in [3.8, 4) is 34.5 Å². The third-order valence-corrected chi connectivity index (χ3v) is 6.29. The van der Waals surface area contributed by atoms with E-state index in [0.29, 0.717) is 47.7 Å². The summed E-state index contributed by atoms with van der Waals surface area (Å²) in [6.07, 6.45) is -0.236. The Morgan fingerprint density at radius 1 is 0.677 bits per heavy atom. The summed E-state index contributed by atoms with van der Waals surface area (Å²) >= 11 is 0. The van der Waals surface area contributed by atoms with Crippen LogP contribution in [0.1, 0.15) is 23.3 Å². The first-order chi connectivity index (χ1) is 15.2. The Morgan fingerprint density at radius 2 is 1.23 bits per heavy atom. The summed E-state index contributed by atoms with van der Waals surface area (Å²) in [4.78, 5) is 0. The maximum atomic E-state index is 6.26. The Kier molecular flexibility index (Phi) is 5.19. The van der Waals surface area contributed by atoms with Crippen molar-refractivity contribution in [1.82, 2.24) is 0 Å². The molecule has 2 saturated heterocycles. The van der Waals surface area contributed by atoms with Crippen molar-refractivity contribution in [2.24, 2.45) is 11.8 Å². The number of hydrogen-bond acceptors (Lipinski definition) is 8. The van der Waals surface area contributed by atoms with E-state index in [4.69, 9.17) is 37.9 Å². The van der Waals surface area contributed by atoms with Crippen molar-refractivity contribution < 1.29 is 37.9 Å². The second-order valence-electron chi connectivity index (χ2n) is 7.75. The van der Waals surface area contributed by atoms with Crippen LogP contribution in [-0.2, 0) is 9.47 Å². The van der Waals surface area contributed by atoms with E-state index in [1.807, 2.05) is 24.3 Å². The molecular weight excluding hydrogens is 404 g/mol. The predicted octanol–water partition coefficient (Wildman–Crippen LogP) is 3.52. The molecule has 0 N–H and O–H groups in total. The lowest BCUT2D eigenvalue weighted by Crippen LogP contribution is -2.15. The van der Waals surface area contributed by atoms with Crippen molar-refractivity contribution in [3.05, 3.63) is 35.4 Å². The zero-order valence-corrected chi connectivity index (χ0v) is 18.0. The number of fused-ring (bicyclic) bond motifs is 2. The van der Waals surface area contributed by atoms with Crippen molar-refractivity contribution in [1.29, 1.82) is 0 Å². The largest absolute Gasteiger partial charge is 0.493 e. The second-order valence-corrected chi connectivity index (χ2v) is 7.75. The first-order valence-electron chi connectivity index (χ1n) is 10.2. The molecule has 3 aliphatic rings. The van der Waals surface area contributed by atoms with Crippen LogP contribution in [0.2, 0.25) is 0 Å². The van der Waals surface area contributed by atoms with Gasteiger partial charge in [-0.25, -0.2) is 0 Å². The van der Waals surface area contributed by atoms with E-state index < -0.39 is 0 Å². The molecule has 3 aliphatic heterocycles. The van der Waals surface area contributed by atoms with Gasteiger partial charge in [0.1, 0.15) is 0 Å². The highest BCUT2D eigenvalue weighted by Gasteiger charge is 2.48. The molecule has 0 aromatic heterocycles. The lowest BCUT2D eigenvalue weighted by Gasteiger charge is -2.20. The van der Waals surface area contributed by atoms with Gasteiger partial charge in [-0.15, -0.1) is 0 Å². The number of rotatable bonds is 6. The zero-order valence-electron chi connectivity index (χ0n) is 18.0. The first-order valence-corrected chi connectivity index (χ1v) is 10.2. The zero-order chi connectivity index (χ0) is 21.5. The van der Waals surface area contributed by atoms with Crippen LogP contribution in [0.3, 0.4) is 0 Å². The minimum absolute atomic E-state index is 0.111. The van der Waals surface area contributed by atoms with Gasteiger partial charge >= 0.3 is 0 Å². The monoisotopic (exact) mass is 430 g/mol. The Bertz CT molecular complexity index is 949. The average molecular weight is 430 g/mol. The molecule has 8 heteroatoms. The standard InChI is InChI=1S/C23H26O8/c1-24-16-5-12(6-17(25-2)22(16)27-4)20-14-9-29-21(15(14)10-28-20)13-7-18(26-3)23-19(8-13)30-11-31-23/h5-8,14-15,20-21H,9-11H2,1-4H3/t14-,15-,20+,21+/m1/s1. The summed E-state index contributed by atoms with van der Waals surface area (Å²) in [6.45, 7) is 1.37. The van der Waals surface area contributed by atoms with Gasteiger partial charge in [-0.2, -0.15) is 0 Å². The third-order valence-electron chi connectivity index (χ3n) is 6.29. The molecule has 0 amide bonds. The van der Waals surface area contributed by atoms with Crippen molar-refractivity contribution in [3.63, 3.8) is 0 Å². The highest BCUT2D eigenvalue weighted by Crippen LogP contribution is 2.54. The van der Waals surface area contributed by atoms with Crippen LogP contribution < -0.4 is 28.4 Å². The lowest BCUT2D eigenvalue weighted by molar-refractivity contribution is 0.0190. The molecule has 0 bridgehead atoms. The van der Waals surface area contributed by atoms with Gasteiger partial charge in [-0.05, 0) is 35.4 Å². The van der Waals surface area contributed by atoms with E-state index in [2.05, 4.69) is 0 Å². The van der Waals surface area contributed by atoms with Crippen LogP contribution in [0.25, 0.3) is 0 Å². The van der Waals surface area contributed by atoms with Crippen LogP contribution in [0.4, 0.5) is 0 Å². The van der Waals surface area contributed by atoms with Crippen LogP contribution in [0.15, 0.2) is 24.3 Å². The summed E-state index contributed by atoms with van der Waals surface area (Å²) < 4.78 is 45.6. The van der Waals surface area contributed by atoms with Crippen LogP contribution in [0, 0.1) is 11.8 Å². The predicted molar refractivity (Wildman–Crippen MR) is 110 cm³/mol. The third kappa shape index (κ3) is 3.21. The maximum Gasteiger partial charge on any atom is 0.231 e. The molecule has 2 aromatic rings. The van der Waals surface area contributed by atoms with Gasteiger partial charge in [0.25, 0.3) is 0 Å². The topological polar surface area (TPSA) is 73.8 Å². The van der Waals surface area contributed by atoms with E-state index in [1.54, 1.807) is 28.4 Å². The molecule has 5 rings (SSSR count). The van der Waals surface area contributed by atoms with Gasteiger partial charge in [0, 0.05) is 11.8 Å². The van der Waals surface area contributed by atoms with Crippen LogP contribution >= 0.6 is 0 Å². The summed E-state index contributed by atoms with van der Waals surface area (Å²) in [6, 6.07) is 7.84. The van der Waals surface area contributed by atoms with Crippen molar-refractivity contribution >= 4 is 0 Å². The van der Waals surface area contributed by atoms with Gasteiger partial charge in [0.2, 0.25) is 18.3 Å². The summed E-state index contributed by atoms with van der Waals surface area (Å²) in [5, 5.41) is 0. The molecule has 8 nitrogen and oxygen atoms in total. The summed E-state index contributed by atoms with van der Waals surface area (Å²) in [5.74, 6) is 4.16. The molecule has 2 fully saturated rings. The van der Waals surface area contributed by atoms with Gasteiger partial charge in [0.15, 0.2) is 23.0 Å². The summed E-state index contributed by atoms with van der Waals surface area (Å²) in [7, 11) is 6.44. The highest BCUT2D eigenvalue weighted by atomic mass is 16.7. The molecule has 0 aliphatic carbocycles. The van der Waals surface area contributed by atoms with Gasteiger partial charge < -0.3 is 37.9 Å². The lowest BCUT2D eigenvalue weighted by atomic mass is 9.84. The number of hydrogen-bond donors (Lipinski definition) is 0. The van der Waals surface area contributed by atoms with Gasteiger partial charge in [-0.1, -0.05) is 0 Å². The van der Waals surface area contributed by atoms with Crippen molar-refractivity contribution in [2.75, 3.05) is 48.4 Å². The van der Waals surface area contributed by atoms with Crippen LogP contribution in [0.5, 0.6) is 34.5 Å². The minimum atomic E-state index is -0.125. The SMILES string of the molecule is COc1cc([C@@H]2OC[C@@H]3[C@H]2CO[C@H]3c2cc(OC)c3c(c2)OCO3)cc(OC)c1OC. The minimum Gasteiger partial charge on any atom is -0.493 e. The smallest absolute Gasteiger partial charge is 0.231 e. The van der Waals surface area contributed by atoms with E-state index in [1.165, 1.54) is 0 Å². The number of methoxy groups -OCH3 is 4. The quantitative estimate of drug-likeness (QED) is 0.689. The van der Waals surface area contributed by atoms with E-state index in [9.17, 15) is 0 Å². The molecule has 31 heavy (non-hydrogen) atoms. The first kappa shape index (κ1) is 20.1. The molecule has 0 spiro atoms. The Balaban J connectivity index is 1.44. The van der Waals surface area contributed by atoms with Crippen LogP contribution in [-0.4, -0.2) is 48.4 Å².